The molecule has 1 aromatic heterocycles. The van der Waals surface area contributed by atoms with Crippen molar-refractivity contribution in [3.8, 4) is 5.75 Å². The Hall–Kier alpha value is -1.07. The molecule has 1 fully saturated rings. The van der Waals surface area contributed by atoms with Gasteiger partial charge in [0.05, 0.1) is 31.1 Å². The van der Waals surface area contributed by atoms with Crippen LogP contribution in [0.5, 0.6) is 5.75 Å². The summed E-state index contributed by atoms with van der Waals surface area (Å²) in [5.74, 6) is 0.856. The summed E-state index contributed by atoms with van der Waals surface area (Å²) < 4.78 is 13.4. The van der Waals surface area contributed by atoms with Gasteiger partial charge in [-0.25, -0.2) is 0 Å². The molecule has 108 valence electrons. The Labute approximate surface area is 115 Å². The van der Waals surface area contributed by atoms with Gasteiger partial charge in [-0.2, -0.15) is 5.10 Å². The quantitative estimate of drug-likeness (QED) is 0.822. The minimum absolute atomic E-state index is 0.163. The average Bonchev–Trinajstić information content (AvgIpc) is 3.06. The molecule has 2 atom stereocenters. The number of hydrogen-bond acceptors (Lipinski definition) is 4. The summed E-state index contributed by atoms with van der Waals surface area (Å²) in [6.07, 6.45) is 5.32. The summed E-state index contributed by atoms with van der Waals surface area (Å²) in [5, 5.41) is 7.98. The first-order valence-electron chi connectivity index (χ1n) is 7.26. The highest BCUT2D eigenvalue weighted by molar-refractivity contribution is 5.29. The molecule has 1 aliphatic rings. The smallest absolute Gasteiger partial charge is 0.161 e. The minimum Gasteiger partial charge on any atom is -0.493 e. The second kappa shape index (κ2) is 6.91. The molecule has 19 heavy (non-hydrogen) atoms. The number of aryl methyl sites for hydroxylation is 1. The number of nitrogens with one attached hydrogen (secondary N) is 1. The van der Waals surface area contributed by atoms with Crippen molar-refractivity contribution in [1.82, 2.24) is 15.1 Å². The third-order valence-electron chi connectivity index (χ3n) is 3.56. The largest absolute Gasteiger partial charge is 0.493 e. The highest BCUT2D eigenvalue weighted by Crippen LogP contribution is 2.32. The Kier molecular flexibility index (Phi) is 5.22. The number of nitrogens with zero attached hydrogens (tertiary/aromatic N) is 2. The van der Waals surface area contributed by atoms with Gasteiger partial charge in [0.2, 0.25) is 0 Å². The molecule has 5 nitrogen and oxygen atoms in total. The van der Waals surface area contributed by atoms with E-state index in [2.05, 4.69) is 24.3 Å². The normalized spacial score (nSPS) is 20.7. The molecule has 1 saturated heterocycles. The van der Waals surface area contributed by atoms with E-state index in [9.17, 15) is 0 Å². The summed E-state index contributed by atoms with van der Waals surface area (Å²) >= 11 is 0. The zero-order valence-electron chi connectivity index (χ0n) is 12.2. The molecule has 0 saturated carbocycles. The molecule has 0 amide bonds. The van der Waals surface area contributed by atoms with Crippen molar-refractivity contribution in [2.75, 3.05) is 20.3 Å². The van der Waals surface area contributed by atoms with E-state index in [1.54, 1.807) is 7.11 Å². The first-order chi connectivity index (χ1) is 9.31. The van der Waals surface area contributed by atoms with E-state index < -0.39 is 0 Å². The molecule has 0 aliphatic carbocycles. The van der Waals surface area contributed by atoms with Crippen molar-refractivity contribution in [2.45, 2.75) is 51.8 Å². The van der Waals surface area contributed by atoms with Crippen molar-refractivity contribution >= 4 is 0 Å². The maximum Gasteiger partial charge on any atom is 0.161 e. The average molecular weight is 267 g/mol. The maximum atomic E-state index is 5.86. The van der Waals surface area contributed by atoms with Crippen LogP contribution in [0.1, 0.15) is 44.8 Å². The zero-order chi connectivity index (χ0) is 13.7. The Bertz CT molecular complexity index is 386. The van der Waals surface area contributed by atoms with Crippen LogP contribution in [-0.2, 0) is 11.3 Å². The van der Waals surface area contributed by atoms with Gasteiger partial charge in [-0.15, -0.1) is 0 Å². The third-order valence-corrected chi connectivity index (χ3v) is 3.56. The van der Waals surface area contributed by atoms with Gasteiger partial charge in [0, 0.05) is 13.2 Å². The number of rotatable bonds is 7. The molecule has 1 aliphatic heterocycles. The second-order valence-electron chi connectivity index (χ2n) is 4.91. The molecule has 0 radical (unpaired) electrons. The molecule has 0 aromatic carbocycles. The standard InChI is InChI=1S/C14H25N3O2/c1-4-8-17-14(12(18-3)10-16-17)13(15-5-2)11-7-6-9-19-11/h10-11,13,15H,4-9H2,1-3H3. The first-order valence-corrected chi connectivity index (χ1v) is 7.26. The second-order valence-corrected chi connectivity index (χ2v) is 4.91. The van der Waals surface area contributed by atoms with E-state index >= 15 is 0 Å². The summed E-state index contributed by atoms with van der Waals surface area (Å²) in [4.78, 5) is 0. The van der Waals surface area contributed by atoms with Crippen LogP contribution in [0.4, 0.5) is 0 Å². The summed E-state index contributed by atoms with van der Waals surface area (Å²) in [6.45, 7) is 6.95. The van der Waals surface area contributed by atoms with E-state index in [1.165, 1.54) is 0 Å². The predicted octanol–water partition coefficient (Wildman–Crippen LogP) is 2.13. The molecule has 1 N–H and O–H groups in total. The van der Waals surface area contributed by atoms with E-state index in [0.29, 0.717) is 0 Å². The lowest BCUT2D eigenvalue weighted by atomic mass is 10.0. The molecule has 2 rings (SSSR count). The van der Waals surface area contributed by atoms with Crippen LogP contribution in [0.3, 0.4) is 0 Å². The highest BCUT2D eigenvalue weighted by Gasteiger charge is 2.31. The minimum atomic E-state index is 0.163. The molecule has 0 spiro atoms. The van der Waals surface area contributed by atoms with Gasteiger partial charge in [-0.1, -0.05) is 13.8 Å². The van der Waals surface area contributed by atoms with E-state index in [4.69, 9.17) is 9.47 Å². The first kappa shape index (κ1) is 14.3. The van der Waals surface area contributed by atoms with Crippen molar-refractivity contribution in [2.24, 2.45) is 0 Å². The molecule has 1 aromatic rings. The molecular formula is C14H25N3O2. The fourth-order valence-electron chi connectivity index (χ4n) is 2.73. The molecule has 0 bridgehead atoms. The highest BCUT2D eigenvalue weighted by atomic mass is 16.5. The van der Waals surface area contributed by atoms with Gasteiger partial charge in [0.1, 0.15) is 0 Å². The van der Waals surface area contributed by atoms with Crippen LogP contribution >= 0.6 is 0 Å². The number of ether oxygens (including phenoxy) is 2. The summed E-state index contributed by atoms with van der Waals surface area (Å²) in [6, 6.07) is 0.163. The number of hydrogen-bond donors (Lipinski definition) is 1. The number of likely N-dealkylation sites (N-methyl/N-ethyl adjacent to an activating group) is 1. The van der Waals surface area contributed by atoms with Crippen molar-refractivity contribution in [3.05, 3.63) is 11.9 Å². The van der Waals surface area contributed by atoms with Crippen LogP contribution in [0.15, 0.2) is 6.20 Å². The molecule has 2 heterocycles. The van der Waals surface area contributed by atoms with Crippen LogP contribution < -0.4 is 10.1 Å². The Morgan fingerprint density at radius 1 is 1.58 bits per heavy atom. The van der Waals surface area contributed by atoms with Gasteiger partial charge >= 0.3 is 0 Å². The monoisotopic (exact) mass is 267 g/mol. The Morgan fingerprint density at radius 3 is 3.00 bits per heavy atom. The van der Waals surface area contributed by atoms with Crippen molar-refractivity contribution < 1.29 is 9.47 Å². The summed E-state index contributed by atoms with van der Waals surface area (Å²) in [7, 11) is 1.70. The predicted molar refractivity (Wildman–Crippen MR) is 74.5 cm³/mol. The van der Waals surface area contributed by atoms with Crippen LogP contribution in [0, 0.1) is 0 Å². The number of methoxy groups -OCH3 is 1. The fourth-order valence-corrected chi connectivity index (χ4v) is 2.73. The van der Waals surface area contributed by atoms with Crippen LogP contribution in [0.2, 0.25) is 0 Å². The van der Waals surface area contributed by atoms with Gasteiger partial charge in [-0.3, -0.25) is 4.68 Å². The number of aromatic nitrogens is 2. The lowest BCUT2D eigenvalue weighted by molar-refractivity contribution is 0.0750. The van der Waals surface area contributed by atoms with Gasteiger partial charge in [0.25, 0.3) is 0 Å². The van der Waals surface area contributed by atoms with E-state index in [0.717, 1.165) is 50.4 Å². The lowest BCUT2D eigenvalue weighted by Crippen LogP contribution is -2.33. The van der Waals surface area contributed by atoms with Gasteiger partial charge in [0.15, 0.2) is 5.75 Å². The summed E-state index contributed by atoms with van der Waals surface area (Å²) in [5.41, 5.74) is 1.12. The maximum absolute atomic E-state index is 5.86. The molecule has 5 heteroatoms. The zero-order valence-corrected chi connectivity index (χ0v) is 12.2. The van der Waals surface area contributed by atoms with E-state index in [1.807, 2.05) is 10.9 Å². The van der Waals surface area contributed by atoms with Crippen LogP contribution in [0.25, 0.3) is 0 Å². The van der Waals surface area contributed by atoms with Crippen molar-refractivity contribution in [3.63, 3.8) is 0 Å². The van der Waals surface area contributed by atoms with Gasteiger partial charge < -0.3 is 14.8 Å². The van der Waals surface area contributed by atoms with E-state index in [-0.39, 0.29) is 12.1 Å². The van der Waals surface area contributed by atoms with Crippen LogP contribution in [-0.4, -0.2) is 36.1 Å². The third kappa shape index (κ3) is 3.09. The topological polar surface area (TPSA) is 48.3 Å². The Morgan fingerprint density at radius 2 is 2.42 bits per heavy atom. The van der Waals surface area contributed by atoms with Crippen molar-refractivity contribution in [1.29, 1.82) is 0 Å². The Balaban J connectivity index is 2.30. The van der Waals surface area contributed by atoms with Gasteiger partial charge in [-0.05, 0) is 25.8 Å². The molecular weight excluding hydrogens is 242 g/mol. The molecule has 2 unspecified atom stereocenters. The lowest BCUT2D eigenvalue weighted by Gasteiger charge is -2.25. The SMILES string of the molecule is CCCn1ncc(OC)c1C(NCC)C1CCCO1. The fraction of sp³-hybridized carbons (Fsp3) is 0.786.